The molecule has 4 heteroatoms. The standard InChI is InChI=1S/C10H12O4/c1-6(11)4-7-5-8(12)2-3-9(7)10(13)14/h2-3,5-6,11-12H,4H2,1H3,(H,13,14). The van der Waals surface area contributed by atoms with E-state index in [1.165, 1.54) is 18.2 Å². The summed E-state index contributed by atoms with van der Waals surface area (Å²) in [5.41, 5.74) is 0.552. The molecule has 0 saturated heterocycles. The van der Waals surface area contributed by atoms with Crippen LogP contribution in [0.5, 0.6) is 5.75 Å². The predicted octanol–water partition coefficient (Wildman–Crippen LogP) is 1.01. The fourth-order valence-electron chi connectivity index (χ4n) is 1.28. The average Bonchev–Trinajstić information content (AvgIpc) is 2.01. The van der Waals surface area contributed by atoms with Crippen molar-refractivity contribution in [2.24, 2.45) is 0 Å². The number of benzene rings is 1. The van der Waals surface area contributed by atoms with Gasteiger partial charge >= 0.3 is 5.97 Å². The number of carboxylic acids is 1. The topological polar surface area (TPSA) is 77.8 Å². The van der Waals surface area contributed by atoms with E-state index in [9.17, 15) is 4.79 Å². The van der Waals surface area contributed by atoms with Crippen LogP contribution in [-0.4, -0.2) is 27.4 Å². The molecule has 0 aliphatic rings. The fourth-order valence-corrected chi connectivity index (χ4v) is 1.28. The molecule has 1 aromatic carbocycles. The first-order chi connectivity index (χ1) is 6.50. The lowest BCUT2D eigenvalue weighted by Crippen LogP contribution is -2.09. The molecule has 76 valence electrons. The number of phenolic OH excluding ortho intramolecular Hbond substituents is 1. The molecule has 0 heterocycles. The van der Waals surface area contributed by atoms with Gasteiger partial charge in [-0.05, 0) is 37.1 Å². The number of rotatable bonds is 3. The minimum Gasteiger partial charge on any atom is -0.508 e. The van der Waals surface area contributed by atoms with E-state index >= 15 is 0 Å². The summed E-state index contributed by atoms with van der Waals surface area (Å²) in [5, 5.41) is 27.1. The Labute approximate surface area is 81.4 Å². The van der Waals surface area contributed by atoms with E-state index in [-0.39, 0.29) is 17.7 Å². The van der Waals surface area contributed by atoms with Gasteiger partial charge < -0.3 is 15.3 Å². The minimum absolute atomic E-state index is 0.00523. The monoisotopic (exact) mass is 196 g/mol. The molecule has 4 nitrogen and oxygen atoms in total. The molecular weight excluding hydrogens is 184 g/mol. The van der Waals surface area contributed by atoms with Crippen LogP contribution in [0.15, 0.2) is 18.2 Å². The first kappa shape index (κ1) is 10.5. The first-order valence-corrected chi connectivity index (χ1v) is 4.24. The van der Waals surface area contributed by atoms with Crippen LogP contribution in [0.2, 0.25) is 0 Å². The van der Waals surface area contributed by atoms with Gasteiger partial charge in [0.15, 0.2) is 0 Å². The van der Waals surface area contributed by atoms with E-state index in [1.54, 1.807) is 6.92 Å². The number of phenols is 1. The lowest BCUT2D eigenvalue weighted by atomic mass is 10.0. The van der Waals surface area contributed by atoms with Crippen LogP contribution < -0.4 is 0 Å². The lowest BCUT2D eigenvalue weighted by Gasteiger charge is -2.08. The van der Waals surface area contributed by atoms with Crippen LogP contribution >= 0.6 is 0 Å². The molecule has 14 heavy (non-hydrogen) atoms. The second kappa shape index (κ2) is 4.11. The maximum Gasteiger partial charge on any atom is 0.335 e. The van der Waals surface area contributed by atoms with Gasteiger partial charge in [0.05, 0.1) is 11.7 Å². The van der Waals surface area contributed by atoms with Gasteiger partial charge in [-0.3, -0.25) is 0 Å². The van der Waals surface area contributed by atoms with Crippen molar-refractivity contribution in [2.45, 2.75) is 19.4 Å². The van der Waals surface area contributed by atoms with Crippen LogP contribution in [0.25, 0.3) is 0 Å². The molecule has 0 saturated carbocycles. The molecular formula is C10H12O4. The molecule has 1 aromatic rings. The number of carboxylic acid groups (broad SMARTS) is 1. The molecule has 0 aliphatic heterocycles. The van der Waals surface area contributed by atoms with Crippen molar-refractivity contribution in [3.05, 3.63) is 29.3 Å². The average molecular weight is 196 g/mol. The molecule has 0 amide bonds. The van der Waals surface area contributed by atoms with Crippen LogP contribution in [0.1, 0.15) is 22.8 Å². The van der Waals surface area contributed by atoms with Crippen molar-refractivity contribution in [1.29, 1.82) is 0 Å². The highest BCUT2D eigenvalue weighted by Crippen LogP contribution is 2.18. The quantitative estimate of drug-likeness (QED) is 0.674. The van der Waals surface area contributed by atoms with Crippen molar-refractivity contribution in [1.82, 2.24) is 0 Å². The zero-order valence-corrected chi connectivity index (χ0v) is 7.77. The number of aliphatic hydroxyl groups excluding tert-OH is 1. The summed E-state index contributed by atoms with van der Waals surface area (Å²) >= 11 is 0. The number of carbonyl (C=O) groups is 1. The Morgan fingerprint density at radius 2 is 2.14 bits per heavy atom. The second-order valence-electron chi connectivity index (χ2n) is 3.20. The van der Waals surface area contributed by atoms with E-state index in [4.69, 9.17) is 15.3 Å². The second-order valence-corrected chi connectivity index (χ2v) is 3.20. The molecule has 0 aliphatic carbocycles. The fraction of sp³-hybridized carbons (Fsp3) is 0.300. The van der Waals surface area contributed by atoms with E-state index in [1.807, 2.05) is 0 Å². The summed E-state index contributed by atoms with van der Waals surface area (Å²) in [7, 11) is 0. The zero-order chi connectivity index (χ0) is 10.7. The van der Waals surface area contributed by atoms with E-state index < -0.39 is 12.1 Å². The highest BCUT2D eigenvalue weighted by atomic mass is 16.4. The van der Waals surface area contributed by atoms with Crippen LogP contribution in [0, 0.1) is 0 Å². The van der Waals surface area contributed by atoms with Crippen LogP contribution in [0.4, 0.5) is 0 Å². The van der Waals surface area contributed by atoms with Crippen molar-refractivity contribution in [3.8, 4) is 5.75 Å². The van der Waals surface area contributed by atoms with Gasteiger partial charge in [0.1, 0.15) is 5.75 Å². The number of hydrogen-bond acceptors (Lipinski definition) is 3. The normalized spacial score (nSPS) is 12.4. The van der Waals surface area contributed by atoms with E-state index in [2.05, 4.69) is 0 Å². The Bertz CT molecular complexity index is 344. The van der Waals surface area contributed by atoms with Gasteiger partial charge in [-0.1, -0.05) is 0 Å². The Morgan fingerprint density at radius 3 is 2.64 bits per heavy atom. The zero-order valence-electron chi connectivity index (χ0n) is 7.77. The summed E-state index contributed by atoms with van der Waals surface area (Å²) in [4.78, 5) is 10.8. The molecule has 1 unspecified atom stereocenters. The van der Waals surface area contributed by atoms with Crippen LogP contribution in [0.3, 0.4) is 0 Å². The van der Waals surface area contributed by atoms with Crippen molar-refractivity contribution < 1.29 is 20.1 Å². The number of hydrogen-bond donors (Lipinski definition) is 3. The Kier molecular flexibility index (Phi) is 3.09. The number of aromatic hydroxyl groups is 1. The minimum atomic E-state index is -1.05. The predicted molar refractivity (Wildman–Crippen MR) is 50.5 cm³/mol. The maximum atomic E-state index is 10.8. The third-order valence-corrected chi connectivity index (χ3v) is 1.83. The summed E-state index contributed by atoms with van der Waals surface area (Å²) in [6.45, 7) is 1.57. The van der Waals surface area contributed by atoms with Gasteiger partial charge in [-0.2, -0.15) is 0 Å². The highest BCUT2D eigenvalue weighted by Gasteiger charge is 2.12. The molecule has 0 aromatic heterocycles. The highest BCUT2D eigenvalue weighted by molar-refractivity contribution is 5.89. The number of aliphatic hydroxyl groups is 1. The Balaban J connectivity index is 3.09. The third kappa shape index (κ3) is 2.47. The van der Waals surface area contributed by atoms with Crippen molar-refractivity contribution in [2.75, 3.05) is 0 Å². The molecule has 0 spiro atoms. The molecule has 1 rings (SSSR count). The van der Waals surface area contributed by atoms with Gasteiger partial charge in [0, 0.05) is 0 Å². The SMILES string of the molecule is CC(O)Cc1cc(O)ccc1C(=O)O. The van der Waals surface area contributed by atoms with Gasteiger partial charge in [-0.15, -0.1) is 0 Å². The molecule has 0 bridgehead atoms. The number of aromatic carboxylic acids is 1. The molecule has 0 radical (unpaired) electrons. The lowest BCUT2D eigenvalue weighted by molar-refractivity contribution is 0.0695. The smallest absolute Gasteiger partial charge is 0.335 e. The summed E-state index contributed by atoms with van der Waals surface area (Å²) in [5.74, 6) is -1.05. The molecule has 0 fully saturated rings. The maximum absolute atomic E-state index is 10.8. The van der Waals surface area contributed by atoms with Crippen molar-refractivity contribution >= 4 is 5.97 Å². The third-order valence-electron chi connectivity index (χ3n) is 1.83. The largest absolute Gasteiger partial charge is 0.508 e. The Hall–Kier alpha value is -1.55. The van der Waals surface area contributed by atoms with Gasteiger partial charge in [0.2, 0.25) is 0 Å². The summed E-state index contributed by atoms with van der Waals surface area (Å²) in [6.07, 6.45) is -0.411. The van der Waals surface area contributed by atoms with E-state index in [0.717, 1.165) is 0 Å². The molecule has 1 atom stereocenters. The van der Waals surface area contributed by atoms with Gasteiger partial charge in [0.25, 0.3) is 0 Å². The van der Waals surface area contributed by atoms with E-state index in [0.29, 0.717) is 5.56 Å². The Morgan fingerprint density at radius 1 is 1.50 bits per heavy atom. The summed E-state index contributed by atoms with van der Waals surface area (Å²) < 4.78 is 0. The molecule has 3 N–H and O–H groups in total. The van der Waals surface area contributed by atoms with Gasteiger partial charge in [-0.25, -0.2) is 4.79 Å². The summed E-state index contributed by atoms with van der Waals surface area (Å²) in [6, 6.07) is 4.00. The van der Waals surface area contributed by atoms with Crippen molar-refractivity contribution in [3.63, 3.8) is 0 Å². The first-order valence-electron chi connectivity index (χ1n) is 4.24. The van der Waals surface area contributed by atoms with Crippen LogP contribution in [-0.2, 0) is 6.42 Å².